The summed E-state index contributed by atoms with van der Waals surface area (Å²) in [6.07, 6.45) is -5.22. The van der Waals surface area contributed by atoms with E-state index in [4.69, 9.17) is 44.5 Å². The highest BCUT2D eigenvalue weighted by atomic mass is 19.1. The number of alkyl halides is 1. The van der Waals surface area contributed by atoms with Crippen molar-refractivity contribution in [1.82, 2.24) is 15.0 Å². The number of cyclic esters (lactones) is 1. The number of aliphatic hydroxyl groups excluding tert-OH is 1. The molecule has 14 atom stereocenters. The Bertz CT molecular complexity index is 1960. The lowest BCUT2D eigenvalue weighted by atomic mass is 9.67. The first-order valence-corrected chi connectivity index (χ1v) is 20.6. The number of esters is 2. The second-order valence-corrected chi connectivity index (χ2v) is 17.4. The summed E-state index contributed by atoms with van der Waals surface area (Å²) in [5.41, 5.74) is 6.47. The molecule has 0 aliphatic carbocycles. The zero-order valence-electron chi connectivity index (χ0n) is 36.7. The van der Waals surface area contributed by atoms with Crippen LogP contribution in [0, 0.1) is 29.6 Å². The van der Waals surface area contributed by atoms with E-state index >= 15 is 4.39 Å². The first-order chi connectivity index (χ1) is 28.5. The molecular formula is C42H61FN6O12. The monoisotopic (exact) mass is 860 g/mol. The first-order valence-electron chi connectivity index (χ1n) is 20.6. The van der Waals surface area contributed by atoms with E-state index < -0.39 is 94.8 Å². The highest BCUT2D eigenvalue weighted by molar-refractivity contribution is 6.08. The molecule has 0 saturated carbocycles. The van der Waals surface area contributed by atoms with Crippen molar-refractivity contribution in [3.8, 4) is 11.5 Å². The van der Waals surface area contributed by atoms with Crippen LogP contribution in [0.3, 0.4) is 0 Å². The number of ketones is 2. The van der Waals surface area contributed by atoms with Gasteiger partial charge in [-0.25, -0.2) is 14.2 Å². The van der Waals surface area contributed by atoms with Crippen LogP contribution >= 0.6 is 0 Å². The number of ether oxygens (including phenoxy) is 5. The van der Waals surface area contributed by atoms with Crippen molar-refractivity contribution in [2.75, 3.05) is 26.9 Å². The average molecular weight is 861 g/mol. The number of nitrogens with two attached hydrogens (primary N) is 2. The number of carbonyl (C=O) groups is 4. The Labute approximate surface area is 355 Å². The number of fused-ring (bicyclic) bond motifs is 1. The smallest absolute Gasteiger partial charge is 0.351 e. The van der Waals surface area contributed by atoms with E-state index in [1.54, 1.807) is 66.1 Å². The summed E-state index contributed by atoms with van der Waals surface area (Å²) < 4.78 is 52.6. The lowest BCUT2D eigenvalue weighted by Crippen LogP contribution is -2.61. The molecule has 18 nitrogen and oxygen atoms in total. The fourth-order valence-electron chi connectivity index (χ4n) is 9.27. The summed E-state index contributed by atoms with van der Waals surface area (Å²) in [5.74, 6) is -9.59. The van der Waals surface area contributed by atoms with E-state index in [1.807, 2.05) is 11.8 Å². The summed E-state index contributed by atoms with van der Waals surface area (Å²) in [5, 5.41) is 19.4. The molecule has 0 aromatic carbocycles. The molecule has 0 amide bonds. The Kier molecular flexibility index (Phi) is 14.3. The van der Waals surface area contributed by atoms with Crippen LogP contribution in [0.15, 0.2) is 33.9 Å². The Morgan fingerprint density at radius 3 is 2.41 bits per heavy atom. The van der Waals surface area contributed by atoms with E-state index in [9.17, 15) is 24.3 Å². The van der Waals surface area contributed by atoms with Crippen LogP contribution in [0.2, 0.25) is 0 Å². The number of hydrogen-bond acceptors (Lipinski definition) is 17. The molecule has 0 radical (unpaired) electrons. The number of nitrogen functional groups attached to an aromatic ring is 1. The number of amidine groups is 1. The van der Waals surface area contributed by atoms with Crippen LogP contribution in [0.1, 0.15) is 80.3 Å². The summed E-state index contributed by atoms with van der Waals surface area (Å²) in [6, 6.07) is 6.18. The molecule has 3 saturated heterocycles. The maximum Gasteiger partial charge on any atom is 0.351 e. The van der Waals surface area contributed by atoms with Crippen molar-refractivity contribution in [2.24, 2.45) is 40.5 Å². The van der Waals surface area contributed by atoms with Crippen LogP contribution in [0.25, 0.3) is 11.5 Å². The molecule has 1 unspecified atom stereocenters. The third-order valence-electron chi connectivity index (χ3n) is 12.7. The molecule has 3 fully saturated rings. The van der Waals surface area contributed by atoms with Gasteiger partial charge in [-0.15, -0.1) is 0 Å². The van der Waals surface area contributed by atoms with Crippen molar-refractivity contribution in [3.63, 3.8) is 0 Å². The predicted molar refractivity (Wildman–Crippen MR) is 217 cm³/mol. The van der Waals surface area contributed by atoms with Gasteiger partial charge in [0, 0.05) is 42.9 Å². The van der Waals surface area contributed by atoms with Gasteiger partial charge in [-0.3, -0.25) is 14.4 Å². The second kappa shape index (κ2) is 18.4. The van der Waals surface area contributed by atoms with Gasteiger partial charge in [0.1, 0.15) is 41.1 Å². The number of aliphatic hydroxyl groups is 1. The molecule has 2 aromatic rings. The standard InChI is InChI=1S/C42H61FN6O12/c1-12-28-42(8)31(30(37(53)60-42)36(45)48-56-19-24-17-27(61-47-24)25-14-13-15-29(44)46-25)22(4)32(50)20(2)18-40(6,55-11)35(23(5)34(52)41(7,43)39(54)58-28)59-38-33(51)26(49(9)10)16-21(3)57-38/h13-15,17,20-23,26,28,30-31,33,35,38,51H,12,16,18-19H2,1-11H3,(H2,44,46)(H2,45,48)/t20-,21-,22-,23+,26+,28+,30-,31+,33-,35-,38?,40-,41+,42-/m1/s1. The molecule has 61 heavy (non-hydrogen) atoms. The molecule has 2 aromatic heterocycles. The highest BCUT2D eigenvalue weighted by Crippen LogP contribution is 2.48. The number of rotatable bonds is 10. The number of aromatic nitrogens is 2. The molecule has 5 N–H and O–H groups in total. The summed E-state index contributed by atoms with van der Waals surface area (Å²) >= 11 is 0. The Hall–Kier alpha value is -4.56. The number of halogens is 1. The van der Waals surface area contributed by atoms with Crippen molar-refractivity contribution >= 4 is 35.2 Å². The Balaban J connectivity index is 1.51. The topological polar surface area (TPSA) is 250 Å². The number of nitrogens with zero attached hydrogens (tertiary/aromatic N) is 4. The van der Waals surface area contributed by atoms with Gasteiger partial charge in [0.15, 0.2) is 35.9 Å². The number of anilines is 1. The number of Topliss-reactive ketones (excluding diaryl/α,β-unsaturated/α-hetero) is 2. The predicted octanol–water partition coefficient (Wildman–Crippen LogP) is 3.37. The van der Waals surface area contributed by atoms with Crippen molar-refractivity contribution < 1.29 is 61.7 Å². The van der Waals surface area contributed by atoms with Gasteiger partial charge in [0.25, 0.3) is 5.67 Å². The molecular weight excluding hydrogens is 799 g/mol. The zero-order valence-corrected chi connectivity index (χ0v) is 36.7. The first kappa shape index (κ1) is 47.5. The van der Waals surface area contributed by atoms with Gasteiger partial charge < -0.3 is 54.5 Å². The van der Waals surface area contributed by atoms with E-state index in [-0.39, 0.29) is 43.0 Å². The van der Waals surface area contributed by atoms with Gasteiger partial charge >= 0.3 is 11.9 Å². The van der Waals surface area contributed by atoms with Crippen LogP contribution in [-0.4, -0.2) is 124 Å². The largest absolute Gasteiger partial charge is 0.455 e. The van der Waals surface area contributed by atoms with Gasteiger partial charge in [-0.2, -0.15) is 0 Å². The summed E-state index contributed by atoms with van der Waals surface area (Å²) in [6.45, 7) is 11.7. The maximum atomic E-state index is 16.9. The second-order valence-electron chi connectivity index (χ2n) is 17.4. The minimum Gasteiger partial charge on any atom is -0.455 e. The summed E-state index contributed by atoms with van der Waals surface area (Å²) in [7, 11) is 4.96. The van der Waals surface area contributed by atoms with Gasteiger partial charge in [0.2, 0.25) is 0 Å². The lowest BCUT2D eigenvalue weighted by Gasteiger charge is -2.47. The van der Waals surface area contributed by atoms with Crippen molar-refractivity contribution in [3.05, 3.63) is 30.0 Å². The van der Waals surface area contributed by atoms with Crippen LogP contribution in [0.4, 0.5) is 10.2 Å². The quantitative estimate of drug-likeness (QED) is 0.102. The zero-order chi connectivity index (χ0) is 45.4. The number of carbonyl (C=O) groups excluding carboxylic acids is 4. The molecule has 5 heterocycles. The third-order valence-corrected chi connectivity index (χ3v) is 12.7. The van der Waals surface area contributed by atoms with E-state index in [0.717, 1.165) is 6.92 Å². The fraction of sp³-hybridized carbons (Fsp3) is 0.690. The average Bonchev–Trinajstić information content (AvgIpc) is 3.79. The lowest BCUT2D eigenvalue weighted by molar-refractivity contribution is -0.295. The van der Waals surface area contributed by atoms with Crippen LogP contribution in [-0.2, 0) is 54.3 Å². The molecule has 19 heteroatoms. The number of methoxy groups -OCH3 is 1. The van der Waals surface area contributed by atoms with E-state index in [2.05, 4.69) is 15.3 Å². The molecule has 3 aliphatic rings. The number of pyridine rings is 1. The number of likely N-dealkylation sites (N-methyl/N-ethyl adjacent to an activating group) is 1. The Morgan fingerprint density at radius 2 is 1.79 bits per heavy atom. The molecule has 338 valence electrons. The Morgan fingerprint density at radius 1 is 1.10 bits per heavy atom. The highest BCUT2D eigenvalue weighted by Gasteiger charge is 2.63. The minimum atomic E-state index is -3.25. The van der Waals surface area contributed by atoms with E-state index in [1.165, 1.54) is 21.0 Å². The van der Waals surface area contributed by atoms with Gasteiger partial charge in [0.05, 0.1) is 17.8 Å². The molecule has 0 bridgehead atoms. The maximum absolute atomic E-state index is 16.9. The molecule has 5 rings (SSSR count). The van der Waals surface area contributed by atoms with Crippen LogP contribution < -0.4 is 11.5 Å². The number of oxime groups is 1. The van der Waals surface area contributed by atoms with Gasteiger partial charge in [-0.05, 0) is 73.2 Å². The minimum absolute atomic E-state index is 0.0192. The van der Waals surface area contributed by atoms with E-state index in [0.29, 0.717) is 23.6 Å². The van der Waals surface area contributed by atoms with Crippen LogP contribution in [0.5, 0.6) is 0 Å². The molecule has 0 spiro atoms. The van der Waals surface area contributed by atoms with Gasteiger partial charge in [-0.1, -0.05) is 44.1 Å². The van der Waals surface area contributed by atoms with Crippen molar-refractivity contribution in [1.29, 1.82) is 0 Å². The fourth-order valence-corrected chi connectivity index (χ4v) is 9.27. The third kappa shape index (κ3) is 9.45. The summed E-state index contributed by atoms with van der Waals surface area (Å²) in [4.78, 5) is 68.4. The number of hydrogen-bond donors (Lipinski definition) is 3. The SMILES string of the molecule is CC[C@@H]1OC(=O)[C@@](C)(F)C(=O)[C@H](C)[C@@H](OC2O[C@H](C)C[C@H](N(C)C)[C@H]2O)[C@](C)(OC)C[C@@H](C)C(=O)[C@H](C)[C@H]2[C@H](/C(N)=N/OCc3cc(-c4cccc(N)n4)on3)C(=O)O[C@@]21C. The van der Waals surface area contributed by atoms with Crippen molar-refractivity contribution in [2.45, 2.75) is 135 Å². The normalized spacial score (nSPS) is 38.1. The molecule has 3 aliphatic heterocycles.